The quantitative estimate of drug-likeness (QED) is 0.0434. The highest BCUT2D eigenvalue weighted by atomic mass is 35.5. The molecule has 0 bridgehead atoms. The third-order valence-corrected chi connectivity index (χ3v) is 18.5. The number of carboxylic acids is 2. The number of carboxylic acid groups (broad SMARTS) is 2. The second-order valence-electron chi connectivity index (χ2n) is 24.6. The number of rotatable bonds is 24. The van der Waals surface area contributed by atoms with Crippen LogP contribution in [-0.4, -0.2) is 64.6 Å². The summed E-state index contributed by atoms with van der Waals surface area (Å²) in [6.07, 6.45) is 16.2. The molecule has 9 aromatic carbocycles. The maximum absolute atomic E-state index is 14.6. The first-order valence-corrected chi connectivity index (χ1v) is 32.9. The van der Waals surface area contributed by atoms with E-state index in [1.54, 1.807) is 26.0 Å². The smallest absolute Gasteiger partial charge is 0.309 e. The fourth-order valence-electron chi connectivity index (χ4n) is 11.5. The Balaban J connectivity index is 0.000000183. The van der Waals surface area contributed by atoms with Crippen LogP contribution in [0.3, 0.4) is 0 Å². The number of hydrogen-bond donors (Lipinski definition) is 4. The minimum absolute atomic E-state index is 0.0542. The largest absolute Gasteiger partial charge is 0.486 e. The SMILES string of the molecule is CC(=O)[C@@H](CO)CCc1ccc(C)c(/C=C/c2cccc(-c3ccccc3)c2C)c1.CCC(C)(CCc1ccc(F)c(/C=C/c2cccc(-c3ccc4c(c3)OCCO4)c2C)c1)C(=O)O.Cc1c(/C=C/c2cc(CC[C@H](CO)C(=O)O)ccc2Cl)cccc1-c1ccccc1. The van der Waals surface area contributed by atoms with Crippen LogP contribution in [0.1, 0.15) is 119 Å². The maximum atomic E-state index is 14.6. The van der Waals surface area contributed by atoms with Gasteiger partial charge in [-0.05, 0) is 217 Å². The lowest BCUT2D eigenvalue weighted by molar-refractivity contribution is -0.148. The molecule has 0 radical (unpaired) electrons. The van der Waals surface area contributed by atoms with Crippen molar-refractivity contribution in [2.75, 3.05) is 26.4 Å². The van der Waals surface area contributed by atoms with Gasteiger partial charge in [-0.25, -0.2) is 4.39 Å². The van der Waals surface area contributed by atoms with E-state index in [0.717, 1.165) is 62.4 Å². The van der Waals surface area contributed by atoms with Crippen LogP contribution >= 0.6 is 11.6 Å². The van der Waals surface area contributed by atoms with Gasteiger partial charge in [0, 0.05) is 16.5 Å². The number of carbonyl (C=O) groups is 3. The van der Waals surface area contributed by atoms with Crippen molar-refractivity contribution in [3.8, 4) is 44.9 Å². The summed E-state index contributed by atoms with van der Waals surface area (Å²) in [6, 6.07) is 62.6. The molecular formula is C84H86ClFO9. The average molecular weight is 1290 g/mol. The summed E-state index contributed by atoms with van der Waals surface area (Å²) < 4.78 is 25.9. The number of carbonyl (C=O) groups excluding carboxylic acids is 1. The van der Waals surface area contributed by atoms with Gasteiger partial charge in [-0.2, -0.15) is 0 Å². The van der Waals surface area contributed by atoms with Gasteiger partial charge in [0.2, 0.25) is 0 Å². The van der Waals surface area contributed by atoms with Gasteiger partial charge in [0.25, 0.3) is 0 Å². The molecule has 0 aromatic heterocycles. The summed E-state index contributed by atoms with van der Waals surface area (Å²) in [5.74, 6) is -1.53. The average Bonchev–Trinajstić information content (AvgIpc) is 0.954. The van der Waals surface area contributed by atoms with Crippen molar-refractivity contribution in [3.63, 3.8) is 0 Å². The molecule has 9 aromatic rings. The lowest BCUT2D eigenvalue weighted by atomic mass is 9.81. The van der Waals surface area contributed by atoms with Crippen molar-refractivity contribution in [3.05, 3.63) is 271 Å². The summed E-state index contributed by atoms with van der Waals surface area (Å²) in [5, 5.41) is 37.8. The minimum atomic E-state index is -0.972. The van der Waals surface area contributed by atoms with Gasteiger partial charge in [0.05, 0.1) is 24.5 Å². The normalized spacial score (nSPS) is 13.1. The maximum Gasteiger partial charge on any atom is 0.309 e. The number of halogens is 2. The summed E-state index contributed by atoms with van der Waals surface area (Å²) in [6.45, 7) is 14.3. The van der Waals surface area contributed by atoms with E-state index in [0.29, 0.717) is 62.3 Å². The standard InChI is InChI=1S/C30H31FO4.C28H30O2.C26H25ClO3/c1-4-30(3,29(32)33)15-14-21-8-12-26(31)24(18-21)10-9-22-6-5-7-25(20(22)2)23-11-13-27-28(19-23)35-17-16-34-27;1-20-12-13-23(14-15-27(19-29)22(3)30)18-26(20)17-16-24-10-7-11-28(21(24)2)25-8-5-4-6-9-25;1-18-20(8-5-9-24(18)21-6-3-2-4-7-21)13-14-22-16-19(11-15-25(22)27)10-12-23(17-28)26(29)30/h5-13,18-19H,4,14-17H2,1-3H3,(H,32,33);4-13,16-18,27,29H,14-15,19H2,1-3H3;2-9,11,13-16,23,28H,10,12,17H2,1H3,(H,29,30)/b10-9+;17-16+;14-13+/t;27-;23-/m.11/s1. The van der Waals surface area contributed by atoms with Gasteiger partial charge in [0.1, 0.15) is 24.8 Å². The van der Waals surface area contributed by atoms with E-state index in [4.69, 9.17) is 26.2 Å². The minimum Gasteiger partial charge on any atom is -0.486 e. The first-order chi connectivity index (χ1) is 45.8. The fourth-order valence-corrected chi connectivity index (χ4v) is 11.6. The lowest BCUT2D eigenvalue weighted by Gasteiger charge is -2.22. The predicted molar refractivity (Wildman–Crippen MR) is 387 cm³/mol. The molecule has 10 rings (SSSR count). The Hall–Kier alpha value is -9.45. The van der Waals surface area contributed by atoms with Gasteiger partial charge < -0.3 is 29.9 Å². The summed E-state index contributed by atoms with van der Waals surface area (Å²) >= 11 is 6.38. The third-order valence-electron chi connectivity index (χ3n) is 18.1. The summed E-state index contributed by atoms with van der Waals surface area (Å²) in [4.78, 5) is 34.3. The molecule has 0 amide bonds. The molecule has 9 nitrogen and oxygen atoms in total. The van der Waals surface area contributed by atoms with Gasteiger partial charge >= 0.3 is 11.9 Å². The fraction of sp³-hybridized carbons (Fsp3) is 0.250. The number of ether oxygens (including phenoxy) is 2. The van der Waals surface area contributed by atoms with Crippen molar-refractivity contribution in [2.24, 2.45) is 17.3 Å². The van der Waals surface area contributed by atoms with E-state index >= 15 is 0 Å². The number of aliphatic hydroxyl groups excluding tert-OH is 2. The number of benzene rings is 9. The first-order valence-electron chi connectivity index (χ1n) is 32.5. The van der Waals surface area contributed by atoms with E-state index in [2.05, 4.69) is 137 Å². The Kier molecular flexibility index (Phi) is 26.0. The molecule has 3 atom stereocenters. The predicted octanol–water partition coefficient (Wildman–Crippen LogP) is 19.6. The molecule has 95 heavy (non-hydrogen) atoms. The Morgan fingerprint density at radius 3 is 1.47 bits per heavy atom. The topological polar surface area (TPSA) is 151 Å². The van der Waals surface area contributed by atoms with E-state index in [9.17, 15) is 34.1 Å². The van der Waals surface area contributed by atoms with Crippen molar-refractivity contribution >= 4 is 65.8 Å². The molecule has 1 heterocycles. The van der Waals surface area contributed by atoms with Crippen LogP contribution in [-0.2, 0) is 33.6 Å². The van der Waals surface area contributed by atoms with Crippen molar-refractivity contribution in [2.45, 2.75) is 93.4 Å². The van der Waals surface area contributed by atoms with Crippen LogP contribution < -0.4 is 9.47 Å². The van der Waals surface area contributed by atoms with E-state index < -0.39 is 23.3 Å². The highest BCUT2D eigenvalue weighted by Gasteiger charge is 2.30. The Bertz CT molecular complexity index is 4020. The molecule has 0 saturated heterocycles. The number of Topliss-reactive ketones (excluding diaryl/α,β-unsaturated/α-hetero) is 1. The number of fused-ring (bicyclic) bond motifs is 1. The van der Waals surface area contributed by atoms with Gasteiger partial charge in [-0.3, -0.25) is 14.4 Å². The Morgan fingerprint density at radius 1 is 0.505 bits per heavy atom. The van der Waals surface area contributed by atoms with Gasteiger partial charge in [-0.1, -0.05) is 213 Å². The molecular weight excluding hydrogens is 1210 g/mol. The zero-order valence-corrected chi connectivity index (χ0v) is 56.1. The zero-order valence-electron chi connectivity index (χ0n) is 55.4. The Labute approximate surface area is 564 Å². The summed E-state index contributed by atoms with van der Waals surface area (Å²) in [5.41, 5.74) is 19.9. The van der Waals surface area contributed by atoms with Crippen LogP contribution in [0.2, 0.25) is 5.02 Å². The molecule has 1 unspecified atom stereocenters. The molecule has 1 aliphatic heterocycles. The summed E-state index contributed by atoms with van der Waals surface area (Å²) in [7, 11) is 0. The number of aliphatic hydroxyl groups is 2. The zero-order chi connectivity index (χ0) is 68.0. The van der Waals surface area contributed by atoms with E-state index in [-0.39, 0.29) is 30.7 Å². The third kappa shape index (κ3) is 19.6. The van der Waals surface area contributed by atoms with Crippen LogP contribution in [0.4, 0.5) is 4.39 Å². The highest BCUT2D eigenvalue weighted by molar-refractivity contribution is 6.32. The molecule has 490 valence electrons. The molecule has 0 saturated carbocycles. The van der Waals surface area contributed by atoms with E-state index in [1.165, 1.54) is 61.7 Å². The Morgan fingerprint density at radius 2 is 0.958 bits per heavy atom. The molecule has 4 N–H and O–H groups in total. The van der Waals surface area contributed by atoms with Crippen molar-refractivity contribution in [1.29, 1.82) is 0 Å². The monoisotopic (exact) mass is 1290 g/mol. The number of aryl methyl sites for hydroxylation is 4. The van der Waals surface area contributed by atoms with Crippen LogP contribution in [0.5, 0.6) is 11.5 Å². The van der Waals surface area contributed by atoms with Crippen molar-refractivity contribution in [1.82, 2.24) is 0 Å². The number of hydrogen-bond acceptors (Lipinski definition) is 7. The molecule has 0 fully saturated rings. The van der Waals surface area contributed by atoms with Crippen molar-refractivity contribution < 1.29 is 48.7 Å². The molecule has 0 spiro atoms. The molecule has 0 aliphatic carbocycles. The van der Waals surface area contributed by atoms with E-state index in [1.807, 2.05) is 104 Å². The second kappa shape index (κ2) is 34.6. The van der Waals surface area contributed by atoms with Crippen LogP contribution in [0.25, 0.3) is 69.8 Å². The molecule has 11 heteroatoms. The molecule has 1 aliphatic rings. The first kappa shape index (κ1) is 71.4. The highest BCUT2D eigenvalue weighted by Crippen LogP contribution is 2.37. The number of aliphatic carboxylic acids is 2. The van der Waals surface area contributed by atoms with Gasteiger partial charge in [0.15, 0.2) is 11.5 Å². The lowest BCUT2D eigenvalue weighted by Crippen LogP contribution is -2.27. The number of ketones is 1. The van der Waals surface area contributed by atoms with Crippen LogP contribution in [0.15, 0.2) is 188 Å². The van der Waals surface area contributed by atoms with Gasteiger partial charge in [-0.15, -0.1) is 0 Å². The second-order valence-corrected chi connectivity index (χ2v) is 25.0. The van der Waals surface area contributed by atoms with Crippen LogP contribution in [0, 0.1) is 50.8 Å².